The van der Waals surface area contributed by atoms with Crippen LogP contribution in [-0.2, 0) is 6.42 Å². The summed E-state index contributed by atoms with van der Waals surface area (Å²) in [5, 5.41) is 0. The summed E-state index contributed by atoms with van der Waals surface area (Å²) in [5.41, 5.74) is 1.35. The molecule has 0 spiro atoms. The Balaban J connectivity index is 0.000000461. The van der Waals surface area contributed by atoms with Crippen LogP contribution in [0.5, 0.6) is 0 Å². The molecule has 0 unspecified atom stereocenters. The van der Waals surface area contributed by atoms with Crippen molar-refractivity contribution in [1.29, 1.82) is 0 Å². The van der Waals surface area contributed by atoms with Crippen molar-refractivity contribution < 1.29 is 0 Å². The van der Waals surface area contributed by atoms with Crippen molar-refractivity contribution >= 4 is 0 Å². The molecular weight excluding hydrogens is 266 g/mol. The quantitative estimate of drug-likeness (QED) is 0.368. The molecule has 0 aliphatic heterocycles. The van der Waals surface area contributed by atoms with E-state index in [-0.39, 0.29) is 0 Å². The largest absolute Gasteiger partial charge is 0.265 e. The predicted molar refractivity (Wildman–Crippen MR) is 100 cm³/mol. The number of unbranched alkanes of at least 4 members (excludes halogenated alkanes) is 11. The molecule has 0 saturated heterocycles. The zero-order valence-corrected chi connectivity index (χ0v) is 15.4. The standard InChI is InChI=1S/C14H30.C7H9N/c1-3-5-7-9-11-13-14-12-10-8-6-4-2;1-2-7-3-5-8-6-4-7/h3-14H2,1-2H3;3-6H,2H2,1H3. The van der Waals surface area contributed by atoms with Gasteiger partial charge in [-0.05, 0) is 24.1 Å². The Labute approximate surface area is 139 Å². The molecule has 0 radical (unpaired) electrons. The average Bonchev–Trinajstić information content (AvgIpc) is 2.58. The van der Waals surface area contributed by atoms with E-state index in [1.807, 2.05) is 24.5 Å². The molecule has 0 aliphatic rings. The summed E-state index contributed by atoms with van der Waals surface area (Å²) in [4.78, 5) is 3.89. The summed E-state index contributed by atoms with van der Waals surface area (Å²) >= 11 is 0. The van der Waals surface area contributed by atoms with Crippen molar-refractivity contribution in [3.05, 3.63) is 30.1 Å². The average molecular weight is 306 g/mol. The summed E-state index contributed by atoms with van der Waals surface area (Å²) in [5.74, 6) is 0. The van der Waals surface area contributed by atoms with Gasteiger partial charge >= 0.3 is 0 Å². The van der Waals surface area contributed by atoms with Crippen LogP contribution in [0.15, 0.2) is 24.5 Å². The van der Waals surface area contributed by atoms with Gasteiger partial charge in [0.25, 0.3) is 0 Å². The van der Waals surface area contributed by atoms with Gasteiger partial charge < -0.3 is 0 Å². The van der Waals surface area contributed by atoms with Crippen LogP contribution in [0.25, 0.3) is 0 Å². The Bertz CT molecular complexity index is 282. The molecule has 128 valence electrons. The number of rotatable bonds is 12. The van der Waals surface area contributed by atoms with E-state index in [0.717, 1.165) is 6.42 Å². The Morgan fingerprint density at radius 2 is 0.955 bits per heavy atom. The molecule has 0 aliphatic carbocycles. The van der Waals surface area contributed by atoms with Crippen molar-refractivity contribution in [3.63, 3.8) is 0 Å². The molecule has 0 N–H and O–H groups in total. The summed E-state index contributed by atoms with van der Waals surface area (Å²) in [7, 11) is 0. The SMILES string of the molecule is CCCCCCCCCCCCCC.CCc1ccncc1. The van der Waals surface area contributed by atoms with Crippen LogP contribution in [0.2, 0.25) is 0 Å². The molecule has 0 fully saturated rings. The van der Waals surface area contributed by atoms with Crippen LogP contribution in [0.3, 0.4) is 0 Å². The topological polar surface area (TPSA) is 12.9 Å². The first-order valence-electron chi connectivity index (χ1n) is 9.74. The van der Waals surface area contributed by atoms with E-state index in [1.54, 1.807) is 0 Å². The van der Waals surface area contributed by atoms with Crippen molar-refractivity contribution in [2.45, 2.75) is 104 Å². The van der Waals surface area contributed by atoms with Gasteiger partial charge in [0.05, 0.1) is 0 Å². The molecule has 0 bridgehead atoms. The van der Waals surface area contributed by atoms with E-state index >= 15 is 0 Å². The van der Waals surface area contributed by atoms with Crippen LogP contribution in [0, 0.1) is 0 Å². The number of aryl methyl sites for hydroxylation is 1. The predicted octanol–water partition coefficient (Wildman–Crippen LogP) is 7.35. The van der Waals surface area contributed by atoms with Crippen molar-refractivity contribution in [2.75, 3.05) is 0 Å². The molecule has 0 amide bonds. The maximum Gasteiger partial charge on any atom is 0.0270 e. The van der Waals surface area contributed by atoms with Crippen LogP contribution >= 0.6 is 0 Å². The molecule has 1 rings (SSSR count). The van der Waals surface area contributed by atoms with E-state index in [4.69, 9.17) is 0 Å². The number of aromatic nitrogens is 1. The maximum absolute atomic E-state index is 3.89. The second-order valence-corrected chi connectivity index (χ2v) is 6.24. The van der Waals surface area contributed by atoms with Gasteiger partial charge in [-0.25, -0.2) is 0 Å². The molecule has 0 saturated carbocycles. The first-order chi connectivity index (χ1) is 10.8. The lowest BCUT2D eigenvalue weighted by atomic mass is 10.1. The van der Waals surface area contributed by atoms with E-state index < -0.39 is 0 Å². The highest BCUT2D eigenvalue weighted by atomic mass is 14.6. The van der Waals surface area contributed by atoms with Gasteiger partial charge in [0.2, 0.25) is 0 Å². The lowest BCUT2D eigenvalue weighted by Gasteiger charge is -2.01. The third-order valence-electron chi connectivity index (χ3n) is 4.11. The van der Waals surface area contributed by atoms with E-state index in [9.17, 15) is 0 Å². The smallest absolute Gasteiger partial charge is 0.0270 e. The Morgan fingerprint density at radius 3 is 1.23 bits per heavy atom. The normalized spacial score (nSPS) is 10.1. The molecule has 1 aromatic heterocycles. The minimum absolute atomic E-state index is 1.10. The second kappa shape index (κ2) is 18.2. The van der Waals surface area contributed by atoms with Crippen LogP contribution in [0.4, 0.5) is 0 Å². The molecule has 0 aromatic carbocycles. The number of nitrogens with zero attached hydrogens (tertiary/aromatic N) is 1. The first-order valence-corrected chi connectivity index (χ1v) is 9.74. The fraction of sp³-hybridized carbons (Fsp3) is 0.762. The number of hydrogen-bond acceptors (Lipinski definition) is 1. The number of hydrogen-bond donors (Lipinski definition) is 0. The van der Waals surface area contributed by atoms with E-state index in [0.29, 0.717) is 0 Å². The highest BCUT2D eigenvalue weighted by molar-refractivity contribution is 5.08. The monoisotopic (exact) mass is 305 g/mol. The molecule has 1 nitrogen and oxygen atoms in total. The summed E-state index contributed by atoms with van der Waals surface area (Å²) < 4.78 is 0. The fourth-order valence-corrected chi connectivity index (χ4v) is 2.53. The van der Waals surface area contributed by atoms with E-state index in [2.05, 4.69) is 25.8 Å². The lowest BCUT2D eigenvalue weighted by molar-refractivity contribution is 0.548. The Morgan fingerprint density at radius 1 is 0.591 bits per heavy atom. The zero-order valence-electron chi connectivity index (χ0n) is 15.4. The van der Waals surface area contributed by atoms with Crippen molar-refractivity contribution in [2.24, 2.45) is 0 Å². The minimum Gasteiger partial charge on any atom is -0.265 e. The van der Waals surface area contributed by atoms with Crippen LogP contribution in [-0.4, -0.2) is 4.98 Å². The molecule has 0 atom stereocenters. The minimum atomic E-state index is 1.10. The fourth-order valence-electron chi connectivity index (χ4n) is 2.53. The molecule has 1 heterocycles. The highest BCUT2D eigenvalue weighted by Gasteiger charge is 1.91. The molecular formula is C21H39N. The molecule has 1 aromatic rings. The maximum atomic E-state index is 3.89. The van der Waals surface area contributed by atoms with Gasteiger partial charge in [-0.2, -0.15) is 0 Å². The van der Waals surface area contributed by atoms with Gasteiger partial charge in [0, 0.05) is 12.4 Å². The van der Waals surface area contributed by atoms with Gasteiger partial charge in [0.15, 0.2) is 0 Å². The number of pyridine rings is 1. The third kappa shape index (κ3) is 15.5. The molecule has 22 heavy (non-hydrogen) atoms. The zero-order chi connectivity index (χ0) is 16.3. The van der Waals surface area contributed by atoms with Gasteiger partial charge in [0.1, 0.15) is 0 Å². The first kappa shape index (κ1) is 21.1. The van der Waals surface area contributed by atoms with Gasteiger partial charge in [-0.15, -0.1) is 0 Å². The van der Waals surface area contributed by atoms with Gasteiger partial charge in [-0.3, -0.25) is 4.98 Å². The Hall–Kier alpha value is -0.850. The van der Waals surface area contributed by atoms with Crippen molar-refractivity contribution in [1.82, 2.24) is 4.98 Å². The lowest BCUT2D eigenvalue weighted by Crippen LogP contribution is -1.81. The van der Waals surface area contributed by atoms with Crippen LogP contribution in [0.1, 0.15) is 103 Å². The Kier molecular flexibility index (Phi) is 17.5. The van der Waals surface area contributed by atoms with Crippen LogP contribution < -0.4 is 0 Å². The van der Waals surface area contributed by atoms with Crippen molar-refractivity contribution in [3.8, 4) is 0 Å². The molecule has 1 heteroatoms. The summed E-state index contributed by atoms with van der Waals surface area (Å²) in [6.45, 7) is 6.71. The third-order valence-corrected chi connectivity index (χ3v) is 4.11. The highest BCUT2D eigenvalue weighted by Crippen LogP contribution is 2.11. The van der Waals surface area contributed by atoms with Gasteiger partial charge in [-0.1, -0.05) is 97.8 Å². The second-order valence-electron chi connectivity index (χ2n) is 6.24. The summed E-state index contributed by atoms with van der Waals surface area (Å²) in [6.07, 6.45) is 22.2. The summed E-state index contributed by atoms with van der Waals surface area (Å²) in [6, 6.07) is 4.06. The van der Waals surface area contributed by atoms with E-state index in [1.165, 1.54) is 82.6 Å².